The quantitative estimate of drug-likeness (QED) is 0.784. The van der Waals surface area contributed by atoms with E-state index in [0.717, 1.165) is 10.2 Å². The van der Waals surface area contributed by atoms with Crippen LogP contribution in [0, 0.1) is 5.82 Å². The standard InChI is InChI=1S/C16H15BrFNO2/c17-12-5-3-6-13(11-12)21-10-4-9-16(20)19-15-8-2-1-7-14(15)18/h1-3,5-8,11H,4,9-10H2,(H,19,20). The lowest BCUT2D eigenvalue weighted by Crippen LogP contribution is -2.13. The molecule has 0 radical (unpaired) electrons. The zero-order valence-corrected chi connectivity index (χ0v) is 12.9. The fraction of sp³-hybridized carbons (Fsp3) is 0.188. The molecule has 0 bridgehead atoms. The fourth-order valence-corrected chi connectivity index (χ4v) is 2.13. The van der Waals surface area contributed by atoms with Gasteiger partial charge in [0.25, 0.3) is 0 Å². The number of nitrogens with one attached hydrogen (secondary N) is 1. The van der Waals surface area contributed by atoms with Crippen LogP contribution in [0.5, 0.6) is 5.75 Å². The van der Waals surface area contributed by atoms with E-state index in [1.54, 1.807) is 12.1 Å². The summed E-state index contributed by atoms with van der Waals surface area (Å²) in [6, 6.07) is 13.6. The van der Waals surface area contributed by atoms with Gasteiger partial charge < -0.3 is 10.1 Å². The Bertz CT molecular complexity index is 619. The lowest BCUT2D eigenvalue weighted by atomic mass is 10.2. The summed E-state index contributed by atoms with van der Waals surface area (Å²) >= 11 is 3.36. The number of hydrogen-bond acceptors (Lipinski definition) is 2. The van der Waals surface area contributed by atoms with Crippen molar-refractivity contribution in [3.63, 3.8) is 0 Å². The first-order chi connectivity index (χ1) is 10.1. The molecule has 0 aliphatic carbocycles. The first kappa shape index (κ1) is 15.5. The van der Waals surface area contributed by atoms with E-state index in [1.807, 2.05) is 24.3 Å². The van der Waals surface area contributed by atoms with Gasteiger partial charge in [-0.05, 0) is 36.8 Å². The fourth-order valence-electron chi connectivity index (χ4n) is 1.75. The second-order valence-electron chi connectivity index (χ2n) is 4.44. The largest absolute Gasteiger partial charge is 0.494 e. The molecular formula is C16H15BrFNO2. The van der Waals surface area contributed by atoms with Crippen molar-refractivity contribution in [2.75, 3.05) is 11.9 Å². The molecule has 110 valence electrons. The van der Waals surface area contributed by atoms with E-state index < -0.39 is 5.82 Å². The Hall–Kier alpha value is -1.88. The highest BCUT2D eigenvalue weighted by atomic mass is 79.9. The average Bonchev–Trinajstić information content (AvgIpc) is 2.46. The van der Waals surface area contributed by atoms with Gasteiger partial charge in [0.15, 0.2) is 0 Å². The number of carbonyl (C=O) groups excluding carboxylic acids is 1. The molecule has 1 amide bonds. The number of ether oxygens (including phenoxy) is 1. The Balaban J connectivity index is 1.71. The molecule has 0 spiro atoms. The third-order valence-corrected chi connectivity index (χ3v) is 3.25. The van der Waals surface area contributed by atoms with Gasteiger partial charge >= 0.3 is 0 Å². The van der Waals surface area contributed by atoms with Crippen LogP contribution < -0.4 is 10.1 Å². The van der Waals surface area contributed by atoms with Gasteiger partial charge in [-0.1, -0.05) is 34.1 Å². The summed E-state index contributed by atoms with van der Waals surface area (Å²) in [7, 11) is 0. The van der Waals surface area contributed by atoms with Gasteiger partial charge in [0.2, 0.25) is 5.91 Å². The van der Waals surface area contributed by atoms with Crippen LogP contribution in [-0.4, -0.2) is 12.5 Å². The highest BCUT2D eigenvalue weighted by Crippen LogP contribution is 2.18. The minimum atomic E-state index is -0.434. The Morgan fingerprint density at radius 2 is 2.00 bits per heavy atom. The zero-order chi connectivity index (χ0) is 15.1. The van der Waals surface area contributed by atoms with Gasteiger partial charge in [-0.15, -0.1) is 0 Å². The van der Waals surface area contributed by atoms with Gasteiger partial charge in [0.1, 0.15) is 11.6 Å². The Kier molecular flexibility index (Phi) is 5.75. The van der Waals surface area contributed by atoms with Crippen LogP contribution in [0.15, 0.2) is 53.0 Å². The van der Waals surface area contributed by atoms with E-state index in [0.29, 0.717) is 13.0 Å². The van der Waals surface area contributed by atoms with E-state index in [-0.39, 0.29) is 18.0 Å². The van der Waals surface area contributed by atoms with Crippen molar-refractivity contribution in [3.05, 3.63) is 58.8 Å². The number of rotatable bonds is 6. The van der Waals surface area contributed by atoms with Gasteiger partial charge in [-0.25, -0.2) is 4.39 Å². The third kappa shape index (κ3) is 5.19. The summed E-state index contributed by atoms with van der Waals surface area (Å²) in [5, 5.41) is 2.54. The Morgan fingerprint density at radius 1 is 1.19 bits per heavy atom. The Labute approximate surface area is 131 Å². The molecule has 2 aromatic rings. The van der Waals surface area contributed by atoms with Crippen molar-refractivity contribution < 1.29 is 13.9 Å². The number of carbonyl (C=O) groups is 1. The summed E-state index contributed by atoms with van der Waals surface area (Å²) in [6.45, 7) is 0.432. The first-order valence-corrected chi connectivity index (χ1v) is 7.37. The topological polar surface area (TPSA) is 38.3 Å². The Morgan fingerprint density at radius 3 is 2.76 bits per heavy atom. The molecule has 21 heavy (non-hydrogen) atoms. The number of para-hydroxylation sites is 1. The normalized spacial score (nSPS) is 10.2. The predicted octanol–water partition coefficient (Wildman–Crippen LogP) is 4.39. The van der Waals surface area contributed by atoms with Crippen LogP contribution >= 0.6 is 15.9 Å². The minimum absolute atomic E-state index is 0.204. The number of anilines is 1. The van der Waals surface area contributed by atoms with E-state index in [4.69, 9.17) is 4.74 Å². The van der Waals surface area contributed by atoms with E-state index in [2.05, 4.69) is 21.2 Å². The third-order valence-electron chi connectivity index (χ3n) is 2.76. The number of halogens is 2. The predicted molar refractivity (Wildman–Crippen MR) is 83.9 cm³/mol. The summed E-state index contributed by atoms with van der Waals surface area (Å²) in [5.74, 6) is 0.0908. The second-order valence-corrected chi connectivity index (χ2v) is 5.35. The van der Waals surface area contributed by atoms with Crippen LogP contribution in [0.2, 0.25) is 0 Å². The summed E-state index contributed by atoms with van der Waals surface area (Å²) in [4.78, 5) is 11.7. The van der Waals surface area contributed by atoms with E-state index in [9.17, 15) is 9.18 Å². The first-order valence-electron chi connectivity index (χ1n) is 6.58. The highest BCUT2D eigenvalue weighted by molar-refractivity contribution is 9.10. The molecule has 0 aliphatic heterocycles. The van der Waals surface area contributed by atoms with Crippen molar-refractivity contribution in [3.8, 4) is 5.75 Å². The lowest BCUT2D eigenvalue weighted by molar-refractivity contribution is -0.116. The molecule has 0 fully saturated rings. The van der Waals surface area contributed by atoms with Crippen LogP contribution in [-0.2, 0) is 4.79 Å². The molecule has 0 heterocycles. The molecule has 2 aromatic carbocycles. The van der Waals surface area contributed by atoms with Crippen molar-refractivity contribution in [2.45, 2.75) is 12.8 Å². The van der Waals surface area contributed by atoms with Gasteiger partial charge in [0, 0.05) is 10.9 Å². The van der Waals surface area contributed by atoms with Crippen molar-refractivity contribution in [1.29, 1.82) is 0 Å². The van der Waals surface area contributed by atoms with Crippen molar-refractivity contribution in [1.82, 2.24) is 0 Å². The monoisotopic (exact) mass is 351 g/mol. The van der Waals surface area contributed by atoms with Gasteiger partial charge in [-0.3, -0.25) is 4.79 Å². The second kappa shape index (κ2) is 7.78. The molecule has 1 N–H and O–H groups in total. The summed E-state index contributed by atoms with van der Waals surface area (Å²) < 4.78 is 19.8. The average molecular weight is 352 g/mol. The molecule has 0 unspecified atom stereocenters. The minimum Gasteiger partial charge on any atom is -0.494 e. The molecule has 0 saturated heterocycles. The van der Waals surface area contributed by atoms with E-state index >= 15 is 0 Å². The molecule has 2 rings (SSSR count). The molecule has 5 heteroatoms. The summed E-state index contributed by atoms with van der Waals surface area (Å²) in [5.41, 5.74) is 0.204. The summed E-state index contributed by atoms with van der Waals surface area (Å²) in [6.07, 6.45) is 0.842. The maximum Gasteiger partial charge on any atom is 0.224 e. The molecule has 0 aliphatic rings. The van der Waals surface area contributed by atoms with Crippen LogP contribution in [0.4, 0.5) is 10.1 Å². The maximum absolute atomic E-state index is 13.4. The molecule has 3 nitrogen and oxygen atoms in total. The van der Waals surface area contributed by atoms with Crippen molar-refractivity contribution in [2.24, 2.45) is 0 Å². The van der Waals surface area contributed by atoms with Gasteiger partial charge in [0.05, 0.1) is 12.3 Å². The smallest absolute Gasteiger partial charge is 0.224 e. The molecule has 0 saturated carbocycles. The molecule has 0 aromatic heterocycles. The van der Waals surface area contributed by atoms with Crippen molar-refractivity contribution >= 4 is 27.5 Å². The maximum atomic E-state index is 13.4. The SMILES string of the molecule is O=C(CCCOc1cccc(Br)c1)Nc1ccccc1F. The van der Waals surface area contributed by atoms with E-state index in [1.165, 1.54) is 12.1 Å². The van der Waals surface area contributed by atoms with Crippen LogP contribution in [0.3, 0.4) is 0 Å². The molecular weight excluding hydrogens is 337 g/mol. The molecule has 0 atom stereocenters. The lowest BCUT2D eigenvalue weighted by Gasteiger charge is -2.08. The van der Waals surface area contributed by atoms with Crippen LogP contribution in [0.1, 0.15) is 12.8 Å². The highest BCUT2D eigenvalue weighted by Gasteiger charge is 2.06. The zero-order valence-electron chi connectivity index (χ0n) is 11.3. The van der Waals surface area contributed by atoms with Crippen LogP contribution in [0.25, 0.3) is 0 Å². The van der Waals surface area contributed by atoms with Gasteiger partial charge in [-0.2, -0.15) is 0 Å². The number of hydrogen-bond donors (Lipinski definition) is 1. The number of amides is 1. The number of benzene rings is 2.